The van der Waals surface area contributed by atoms with Crippen molar-refractivity contribution < 1.29 is 14.3 Å². The number of methoxy groups -OCH3 is 1. The van der Waals surface area contributed by atoms with Crippen molar-refractivity contribution >= 4 is 11.8 Å². The molecule has 0 heterocycles. The molecule has 0 radical (unpaired) electrons. The molecule has 0 aromatic heterocycles. The van der Waals surface area contributed by atoms with Gasteiger partial charge in [-0.25, -0.2) is 0 Å². The number of amides is 2. The lowest BCUT2D eigenvalue weighted by Crippen LogP contribution is -2.49. The fourth-order valence-corrected chi connectivity index (χ4v) is 3.23. The van der Waals surface area contributed by atoms with Gasteiger partial charge >= 0.3 is 0 Å². The van der Waals surface area contributed by atoms with E-state index in [1.807, 2.05) is 61.5 Å². The van der Waals surface area contributed by atoms with E-state index < -0.39 is 6.04 Å². The Kier molecular flexibility index (Phi) is 9.22. The number of carbonyl (C=O) groups is 2. The van der Waals surface area contributed by atoms with Gasteiger partial charge in [0.15, 0.2) is 0 Å². The van der Waals surface area contributed by atoms with Crippen LogP contribution in [0.1, 0.15) is 44.2 Å². The van der Waals surface area contributed by atoms with E-state index in [0.29, 0.717) is 19.5 Å². The highest BCUT2D eigenvalue weighted by molar-refractivity contribution is 5.88. The summed E-state index contributed by atoms with van der Waals surface area (Å²) in [6.07, 6.45) is 2.78. The zero-order valence-electron chi connectivity index (χ0n) is 17.7. The summed E-state index contributed by atoms with van der Waals surface area (Å²) in [5.41, 5.74) is 1.91. The first kappa shape index (κ1) is 22.5. The Balaban J connectivity index is 2.21. The van der Waals surface area contributed by atoms with Gasteiger partial charge in [-0.05, 0) is 36.1 Å². The zero-order valence-corrected chi connectivity index (χ0v) is 17.7. The summed E-state index contributed by atoms with van der Waals surface area (Å²) in [6, 6.07) is 16.8. The maximum atomic E-state index is 13.2. The van der Waals surface area contributed by atoms with Gasteiger partial charge in [-0.3, -0.25) is 9.59 Å². The van der Waals surface area contributed by atoms with Gasteiger partial charge in [0.05, 0.1) is 13.5 Å². The molecule has 2 aromatic carbocycles. The summed E-state index contributed by atoms with van der Waals surface area (Å²) in [7, 11) is 1.62. The van der Waals surface area contributed by atoms with Gasteiger partial charge in [-0.1, -0.05) is 62.7 Å². The number of ether oxygens (including phenoxy) is 1. The Labute approximate surface area is 174 Å². The average molecular weight is 397 g/mol. The molecule has 0 bridgehead atoms. The average Bonchev–Trinajstić information content (AvgIpc) is 2.75. The van der Waals surface area contributed by atoms with Crippen LogP contribution in [0.2, 0.25) is 0 Å². The van der Waals surface area contributed by atoms with Crippen molar-refractivity contribution in [2.45, 2.75) is 52.1 Å². The maximum Gasteiger partial charge on any atom is 0.242 e. The SMILES string of the molecule is CCCCNC(=O)C(CC)N(Cc1ccc(OC)cc1)C(=O)Cc1ccccc1. The number of rotatable bonds is 11. The minimum absolute atomic E-state index is 0.0514. The van der Waals surface area contributed by atoms with Gasteiger partial charge in [-0.15, -0.1) is 0 Å². The van der Waals surface area contributed by atoms with E-state index in [2.05, 4.69) is 12.2 Å². The molecule has 2 rings (SSSR count). The Morgan fingerprint density at radius 3 is 2.28 bits per heavy atom. The number of unbranched alkanes of at least 4 members (excludes halogenated alkanes) is 1. The Bertz CT molecular complexity index is 759. The maximum absolute atomic E-state index is 13.2. The number of nitrogens with one attached hydrogen (secondary N) is 1. The molecule has 0 saturated carbocycles. The van der Waals surface area contributed by atoms with Crippen LogP contribution in [0.25, 0.3) is 0 Å². The minimum Gasteiger partial charge on any atom is -0.497 e. The Hall–Kier alpha value is -2.82. The van der Waals surface area contributed by atoms with Crippen molar-refractivity contribution in [2.75, 3.05) is 13.7 Å². The molecule has 1 unspecified atom stereocenters. The van der Waals surface area contributed by atoms with Crippen LogP contribution in [-0.4, -0.2) is 36.4 Å². The molecule has 2 amide bonds. The number of nitrogens with zero attached hydrogens (tertiary/aromatic N) is 1. The van der Waals surface area contributed by atoms with Crippen molar-refractivity contribution in [1.29, 1.82) is 0 Å². The van der Waals surface area contributed by atoms with Crippen LogP contribution in [0.3, 0.4) is 0 Å². The molecule has 0 aliphatic rings. The first-order valence-electron chi connectivity index (χ1n) is 10.3. The molecule has 1 N–H and O–H groups in total. The molecule has 5 nitrogen and oxygen atoms in total. The highest BCUT2D eigenvalue weighted by Gasteiger charge is 2.28. The lowest BCUT2D eigenvalue weighted by molar-refractivity contribution is -0.140. The van der Waals surface area contributed by atoms with Crippen molar-refractivity contribution in [3.8, 4) is 5.75 Å². The van der Waals surface area contributed by atoms with E-state index >= 15 is 0 Å². The predicted octanol–water partition coefficient (Wildman–Crippen LogP) is 3.96. The third-order valence-corrected chi connectivity index (χ3v) is 4.93. The van der Waals surface area contributed by atoms with Crippen LogP contribution in [0.4, 0.5) is 0 Å². The van der Waals surface area contributed by atoms with Crippen LogP contribution in [0, 0.1) is 0 Å². The lowest BCUT2D eigenvalue weighted by Gasteiger charge is -2.31. The van der Waals surface area contributed by atoms with Crippen LogP contribution in [0.5, 0.6) is 5.75 Å². The second-order valence-corrected chi connectivity index (χ2v) is 7.10. The topological polar surface area (TPSA) is 58.6 Å². The molecule has 5 heteroatoms. The highest BCUT2D eigenvalue weighted by Crippen LogP contribution is 2.17. The van der Waals surface area contributed by atoms with Gasteiger partial charge in [0, 0.05) is 13.1 Å². The minimum atomic E-state index is -0.495. The first-order valence-corrected chi connectivity index (χ1v) is 10.3. The molecular weight excluding hydrogens is 364 g/mol. The van der Waals surface area contributed by atoms with Gasteiger partial charge in [-0.2, -0.15) is 0 Å². The smallest absolute Gasteiger partial charge is 0.242 e. The second kappa shape index (κ2) is 11.9. The molecule has 0 fully saturated rings. The molecule has 1 atom stereocenters. The predicted molar refractivity (Wildman–Crippen MR) is 116 cm³/mol. The van der Waals surface area contributed by atoms with Crippen molar-refractivity contribution in [2.24, 2.45) is 0 Å². The quantitative estimate of drug-likeness (QED) is 0.585. The van der Waals surface area contributed by atoms with Crippen LogP contribution in [-0.2, 0) is 22.6 Å². The molecule has 156 valence electrons. The molecule has 29 heavy (non-hydrogen) atoms. The molecule has 0 saturated heterocycles. The van der Waals surface area contributed by atoms with Crippen LogP contribution < -0.4 is 10.1 Å². The van der Waals surface area contributed by atoms with Crippen LogP contribution in [0.15, 0.2) is 54.6 Å². The summed E-state index contributed by atoms with van der Waals surface area (Å²) in [4.78, 5) is 27.7. The van der Waals surface area contributed by atoms with Gasteiger partial charge in [0.1, 0.15) is 11.8 Å². The van der Waals surface area contributed by atoms with Gasteiger partial charge < -0.3 is 15.0 Å². The van der Waals surface area contributed by atoms with E-state index in [1.54, 1.807) is 12.0 Å². The first-order chi connectivity index (χ1) is 14.1. The standard InChI is InChI=1S/C24H32N2O3/c1-4-6-16-25-24(28)22(5-2)26(18-20-12-14-21(29-3)15-13-20)23(27)17-19-10-8-7-9-11-19/h7-15,22H,4-6,16-18H2,1-3H3,(H,25,28). The van der Waals surface area contributed by atoms with E-state index in [9.17, 15) is 9.59 Å². The van der Waals surface area contributed by atoms with E-state index in [1.165, 1.54) is 0 Å². The molecule has 0 aliphatic carbocycles. The zero-order chi connectivity index (χ0) is 21.1. The lowest BCUT2D eigenvalue weighted by atomic mass is 10.1. The van der Waals surface area contributed by atoms with Gasteiger partial charge in [0.2, 0.25) is 11.8 Å². The molecular formula is C24H32N2O3. The largest absolute Gasteiger partial charge is 0.497 e. The van der Waals surface area contributed by atoms with Gasteiger partial charge in [0.25, 0.3) is 0 Å². The van der Waals surface area contributed by atoms with E-state index in [4.69, 9.17) is 4.74 Å². The highest BCUT2D eigenvalue weighted by atomic mass is 16.5. The summed E-state index contributed by atoms with van der Waals surface area (Å²) in [5, 5.41) is 2.99. The normalized spacial score (nSPS) is 11.6. The number of benzene rings is 2. The van der Waals surface area contributed by atoms with Crippen molar-refractivity contribution in [3.63, 3.8) is 0 Å². The number of carbonyl (C=O) groups excluding carboxylic acids is 2. The number of hydrogen-bond acceptors (Lipinski definition) is 3. The van der Waals surface area contributed by atoms with E-state index in [0.717, 1.165) is 29.7 Å². The summed E-state index contributed by atoms with van der Waals surface area (Å²) >= 11 is 0. The fraction of sp³-hybridized carbons (Fsp3) is 0.417. The number of hydrogen-bond donors (Lipinski definition) is 1. The molecule has 0 aliphatic heterocycles. The Morgan fingerprint density at radius 2 is 1.69 bits per heavy atom. The summed E-state index contributed by atoms with van der Waals surface area (Å²) in [6.45, 7) is 5.05. The molecule has 0 spiro atoms. The monoisotopic (exact) mass is 396 g/mol. The fourth-order valence-electron chi connectivity index (χ4n) is 3.23. The summed E-state index contributed by atoms with van der Waals surface area (Å²) in [5.74, 6) is 0.626. The third-order valence-electron chi connectivity index (χ3n) is 4.93. The Morgan fingerprint density at radius 1 is 1.00 bits per heavy atom. The molecule has 2 aromatic rings. The third kappa shape index (κ3) is 6.93. The van der Waals surface area contributed by atoms with Crippen molar-refractivity contribution in [3.05, 3.63) is 65.7 Å². The van der Waals surface area contributed by atoms with Crippen LogP contribution >= 0.6 is 0 Å². The second-order valence-electron chi connectivity index (χ2n) is 7.10. The summed E-state index contributed by atoms with van der Waals surface area (Å²) < 4.78 is 5.22. The van der Waals surface area contributed by atoms with Crippen molar-refractivity contribution in [1.82, 2.24) is 10.2 Å². The van der Waals surface area contributed by atoms with E-state index in [-0.39, 0.29) is 18.2 Å².